The Kier molecular flexibility index (Phi) is 5.79. The molecule has 0 amide bonds. The molecule has 0 aromatic carbocycles. The van der Waals surface area contributed by atoms with Gasteiger partial charge in [0.15, 0.2) is 22.5 Å². The van der Waals surface area contributed by atoms with Crippen molar-refractivity contribution < 1.29 is 9.59 Å². The summed E-state index contributed by atoms with van der Waals surface area (Å²) in [6, 6.07) is 3.76. The number of carbonyl (C=O) groups is 2. The van der Waals surface area contributed by atoms with Gasteiger partial charge in [0.05, 0.1) is 10.9 Å². The van der Waals surface area contributed by atoms with E-state index in [1.54, 1.807) is 19.3 Å². The van der Waals surface area contributed by atoms with Crippen LogP contribution in [0.5, 0.6) is 0 Å². The van der Waals surface area contributed by atoms with Crippen LogP contribution in [-0.2, 0) is 6.54 Å². The van der Waals surface area contributed by atoms with Gasteiger partial charge in [-0.15, -0.1) is 10.2 Å². The minimum atomic E-state index is -0.378. The highest BCUT2D eigenvalue weighted by Gasteiger charge is 2.26. The molecule has 0 aliphatic carbocycles. The summed E-state index contributed by atoms with van der Waals surface area (Å²) < 4.78 is 1.98. The number of aryl methyl sites for hydroxylation is 1. The monoisotopic (exact) mass is 397 g/mol. The van der Waals surface area contributed by atoms with Gasteiger partial charge in [-0.25, -0.2) is 0 Å². The Morgan fingerprint density at radius 2 is 1.89 bits per heavy atom. The minimum Gasteiger partial charge on any atom is -0.355 e. The Hall–Kier alpha value is -2.74. The minimum absolute atomic E-state index is 0.0432. The van der Waals surface area contributed by atoms with Gasteiger partial charge in [-0.1, -0.05) is 11.8 Å². The maximum atomic E-state index is 13.0. The first-order valence-electron chi connectivity index (χ1n) is 9.09. The van der Waals surface area contributed by atoms with Crippen molar-refractivity contribution in [3.05, 3.63) is 47.0 Å². The number of hydrogen-bond acceptors (Lipinski definition) is 6. The molecular weight excluding hydrogens is 374 g/mol. The normalized spacial score (nSPS) is 12.2. The first-order valence-corrected chi connectivity index (χ1v) is 9.97. The van der Waals surface area contributed by atoms with Crippen molar-refractivity contribution in [2.24, 2.45) is 0 Å². The van der Waals surface area contributed by atoms with Gasteiger partial charge in [-0.05, 0) is 52.3 Å². The van der Waals surface area contributed by atoms with Crippen molar-refractivity contribution >= 4 is 23.3 Å². The molecule has 3 aromatic heterocycles. The first-order chi connectivity index (χ1) is 13.3. The van der Waals surface area contributed by atoms with Crippen LogP contribution in [-0.4, -0.2) is 41.5 Å². The van der Waals surface area contributed by atoms with Gasteiger partial charge in [0.2, 0.25) is 0 Å². The molecule has 0 aliphatic heterocycles. The molecule has 0 fully saturated rings. The molecule has 0 saturated heterocycles. The number of hydrogen-bond donors (Lipinski definition) is 1. The molecule has 1 atom stereocenters. The third-order valence-corrected chi connectivity index (χ3v) is 5.74. The zero-order valence-electron chi connectivity index (χ0n) is 16.6. The van der Waals surface area contributed by atoms with E-state index in [0.29, 0.717) is 28.5 Å². The molecule has 146 valence electrons. The number of aromatic amines is 1. The molecule has 1 unspecified atom stereocenters. The van der Waals surface area contributed by atoms with E-state index in [2.05, 4.69) is 20.2 Å². The van der Waals surface area contributed by atoms with Gasteiger partial charge in [0.1, 0.15) is 0 Å². The standard InChI is InChI=1S/C20H23N5O2S/c1-6-25-19(15-7-9-21-10-8-15)23-24-20(25)28-14(5)18(27)17-11(2)16(13(4)26)12(3)22-17/h7-10,14,22H,6H2,1-5H3. The number of nitrogens with one attached hydrogen (secondary N) is 1. The molecule has 7 nitrogen and oxygen atoms in total. The van der Waals surface area contributed by atoms with Crippen LogP contribution in [0.1, 0.15) is 52.9 Å². The summed E-state index contributed by atoms with van der Waals surface area (Å²) in [5.41, 5.74) is 3.44. The van der Waals surface area contributed by atoms with E-state index >= 15 is 0 Å². The highest BCUT2D eigenvalue weighted by Crippen LogP contribution is 2.29. The Labute approximate surface area is 168 Å². The second-order valence-corrected chi connectivity index (χ2v) is 7.90. The second-order valence-electron chi connectivity index (χ2n) is 6.59. The Bertz CT molecular complexity index is 1020. The van der Waals surface area contributed by atoms with Crippen LogP contribution >= 0.6 is 11.8 Å². The van der Waals surface area contributed by atoms with E-state index in [-0.39, 0.29) is 16.8 Å². The highest BCUT2D eigenvalue weighted by atomic mass is 32.2. The van der Waals surface area contributed by atoms with Crippen molar-refractivity contribution in [3.8, 4) is 11.4 Å². The number of nitrogens with zero attached hydrogens (tertiary/aromatic N) is 4. The molecule has 1 N–H and O–H groups in total. The number of ketones is 2. The van der Waals surface area contributed by atoms with Gasteiger partial charge >= 0.3 is 0 Å². The number of thioether (sulfide) groups is 1. The smallest absolute Gasteiger partial charge is 0.192 e. The summed E-state index contributed by atoms with van der Waals surface area (Å²) in [5, 5.41) is 8.90. The Balaban J connectivity index is 1.87. The maximum Gasteiger partial charge on any atom is 0.192 e. The second kappa shape index (κ2) is 8.10. The third-order valence-electron chi connectivity index (χ3n) is 4.66. The van der Waals surface area contributed by atoms with E-state index in [1.165, 1.54) is 18.7 Å². The van der Waals surface area contributed by atoms with Gasteiger partial charge in [0.25, 0.3) is 0 Å². The molecule has 0 radical (unpaired) electrons. The molecule has 3 heterocycles. The van der Waals surface area contributed by atoms with Crippen molar-refractivity contribution in [3.63, 3.8) is 0 Å². The van der Waals surface area contributed by atoms with E-state index < -0.39 is 0 Å². The van der Waals surface area contributed by atoms with Gasteiger partial charge in [-0.2, -0.15) is 0 Å². The zero-order valence-corrected chi connectivity index (χ0v) is 17.4. The van der Waals surface area contributed by atoms with Crippen LogP contribution in [0.15, 0.2) is 29.7 Å². The fourth-order valence-electron chi connectivity index (χ4n) is 3.31. The van der Waals surface area contributed by atoms with E-state index in [4.69, 9.17) is 0 Å². The van der Waals surface area contributed by atoms with Crippen molar-refractivity contribution in [1.29, 1.82) is 0 Å². The number of pyridine rings is 1. The summed E-state index contributed by atoms with van der Waals surface area (Å²) in [7, 11) is 0. The van der Waals surface area contributed by atoms with Crippen molar-refractivity contribution in [2.45, 2.75) is 51.6 Å². The summed E-state index contributed by atoms with van der Waals surface area (Å²) >= 11 is 1.36. The lowest BCUT2D eigenvalue weighted by molar-refractivity contribution is 0.0988. The molecular formula is C20H23N5O2S. The van der Waals surface area contributed by atoms with Crippen LogP contribution in [0.25, 0.3) is 11.4 Å². The van der Waals surface area contributed by atoms with Crippen LogP contribution in [0.4, 0.5) is 0 Å². The summed E-state index contributed by atoms with van der Waals surface area (Å²) in [4.78, 5) is 32.0. The molecule has 0 aliphatic rings. The summed E-state index contributed by atoms with van der Waals surface area (Å²) in [5.74, 6) is 0.644. The number of aromatic nitrogens is 5. The maximum absolute atomic E-state index is 13.0. The van der Waals surface area contributed by atoms with Crippen LogP contribution in [0.3, 0.4) is 0 Å². The first kappa shape index (κ1) is 20.0. The molecule has 28 heavy (non-hydrogen) atoms. The molecule has 3 aromatic rings. The lowest BCUT2D eigenvalue weighted by atomic mass is 10.0. The van der Waals surface area contributed by atoms with Crippen LogP contribution in [0, 0.1) is 13.8 Å². The average molecular weight is 398 g/mol. The van der Waals surface area contributed by atoms with Crippen molar-refractivity contribution in [2.75, 3.05) is 0 Å². The fourth-order valence-corrected chi connectivity index (χ4v) is 4.29. The lowest BCUT2D eigenvalue weighted by Gasteiger charge is -2.11. The topological polar surface area (TPSA) is 93.5 Å². The van der Waals surface area contributed by atoms with Gasteiger partial charge in [-0.3, -0.25) is 14.6 Å². The van der Waals surface area contributed by atoms with Crippen LogP contribution < -0.4 is 0 Å². The van der Waals surface area contributed by atoms with E-state index in [9.17, 15) is 9.59 Å². The predicted octanol–water partition coefficient (Wildman–Crippen LogP) is 3.87. The van der Waals surface area contributed by atoms with Gasteiger partial charge in [0, 0.05) is 35.8 Å². The quantitative estimate of drug-likeness (QED) is 0.480. The summed E-state index contributed by atoms with van der Waals surface area (Å²) in [6.07, 6.45) is 3.43. The molecule has 0 spiro atoms. The molecule has 0 bridgehead atoms. The number of carbonyl (C=O) groups excluding carboxylic acids is 2. The number of rotatable bonds is 7. The van der Waals surface area contributed by atoms with Gasteiger partial charge < -0.3 is 9.55 Å². The third kappa shape index (κ3) is 3.64. The van der Waals surface area contributed by atoms with E-state index in [0.717, 1.165) is 17.1 Å². The molecule has 0 saturated carbocycles. The fraction of sp³-hybridized carbons (Fsp3) is 0.350. The Morgan fingerprint density at radius 1 is 1.21 bits per heavy atom. The number of H-pyrrole nitrogens is 1. The highest BCUT2D eigenvalue weighted by molar-refractivity contribution is 8.00. The van der Waals surface area contributed by atoms with Crippen molar-refractivity contribution in [1.82, 2.24) is 24.7 Å². The lowest BCUT2D eigenvalue weighted by Crippen LogP contribution is -2.16. The van der Waals surface area contributed by atoms with E-state index in [1.807, 2.05) is 37.5 Å². The molecule has 8 heteroatoms. The predicted molar refractivity (Wildman–Crippen MR) is 109 cm³/mol. The van der Waals surface area contributed by atoms with Crippen LogP contribution in [0.2, 0.25) is 0 Å². The molecule has 3 rings (SSSR count). The average Bonchev–Trinajstić information content (AvgIpc) is 3.21. The summed E-state index contributed by atoms with van der Waals surface area (Å²) in [6.45, 7) is 9.68. The largest absolute Gasteiger partial charge is 0.355 e. The number of Topliss-reactive ketones (excluding diaryl/α,β-unsaturated/α-hetero) is 2. The SMILES string of the molecule is CCn1c(SC(C)C(=O)c2[nH]c(C)c(C(C)=O)c2C)nnc1-c1ccncc1. The zero-order chi connectivity index (χ0) is 20.4. The Morgan fingerprint density at radius 3 is 2.46 bits per heavy atom.